The highest BCUT2D eigenvalue weighted by Crippen LogP contribution is 2.20. The number of hydrogen-bond acceptors (Lipinski definition) is 4. The fraction of sp³-hybridized carbons (Fsp3) is 0.333. The molecule has 0 aromatic carbocycles. The first-order chi connectivity index (χ1) is 8.13. The van der Waals surface area contributed by atoms with E-state index in [0.29, 0.717) is 29.3 Å². The SMILES string of the molecule is Cc1ccoc1-c1nc(C)c(CCO)c(=O)[nH]1. The van der Waals surface area contributed by atoms with Crippen molar-refractivity contribution in [2.45, 2.75) is 20.3 Å². The summed E-state index contributed by atoms with van der Waals surface area (Å²) >= 11 is 0. The molecule has 0 aliphatic rings. The van der Waals surface area contributed by atoms with Crippen LogP contribution in [0.15, 0.2) is 21.5 Å². The van der Waals surface area contributed by atoms with Crippen molar-refractivity contribution in [2.24, 2.45) is 0 Å². The molecule has 90 valence electrons. The number of furan rings is 1. The van der Waals surface area contributed by atoms with E-state index < -0.39 is 0 Å². The first-order valence-electron chi connectivity index (χ1n) is 5.38. The summed E-state index contributed by atoms with van der Waals surface area (Å²) in [5.41, 5.74) is 1.83. The third-order valence-corrected chi connectivity index (χ3v) is 2.66. The van der Waals surface area contributed by atoms with Gasteiger partial charge in [-0.2, -0.15) is 0 Å². The Bertz CT molecular complexity index is 584. The van der Waals surface area contributed by atoms with Crippen LogP contribution in [0.25, 0.3) is 11.6 Å². The highest BCUT2D eigenvalue weighted by Gasteiger charge is 2.12. The molecule has 5 heteroatoms. The Balaban J connectivity index is 2.53. The van der Waals surface area contributed by atoms with E-state index in [1.54, 1.807) is 13.2 Å². The van der Waals surface area contributed by atoms with Gasteiger partial charge in [-0.25, -0.2) is 4.98 Å². The second-order valence-electron chi connectivity index (χ2n) is 3.88. The highest BCUT2D eigenvalue weighted by atomic mass is 16.3. The topological polar surface area (TPSA) is 79.1 Å². The van der Waals surface area contributed by atoms with Crippen molar-refractivity contribution >= 4 is 0 Å². The molecule has 0 aliphatic heterocycles. The Morgan fingerprint density at radius 1 is 1.47 bits per heavy atom. The Hall–Kier alpha value is -1.88. The monoisotopic (exact) mass is 234 g/mol. The number of aryl methyl sites for hydroxylation is 2. The van der Waals surface area contributed by atoms with E-state index in [0.717, 1.165) is 5.56 Å². The van der Waals surface area contributed by atoms with E-state index in [1.807, 2.05) is 13.0 Å². The zero-order valence-electron chi connectivity index (χ0n) is 9.78. The summed E-state index contributed by atoms with van der Waals surface area (Å²) < 4.78 is 5.28. The highest BCUT2D eigenvalue weighted by molar-refractivity contribution is 5.52. The van der Waals surface area contributed by atoms with Gasteiger partial charge in [-0.3, -0.25) is 4.79 Å². The molecule has 0 spiro atoms. The standard InChI is InChI=1S/C12H14N2O3/c1-7-4-6-17-10(7)11-13-8(2)9(3-5-15)12(16)14-11/h4,6,15H,3,5H2,1-2H3,(H,13,14,16). The minimum absolute atomic E-state index is 0.0648. The maximum atomic E-state index is 11.8. The molecular formula is C12H14N2O3. The lowest BCUT2D eigenvalue weighted by Crippen LogP contribution is -2.18. The number of rotatable bonds is 3. The van der Waals surface area contributed by atoms with Crippen molar-refractivity contribution in [1.82, 2.24) is 9.97 Å². The number of aliphatic hydroxyl groups is 1. The average molecular weight is 234 g/mol. The third kappa shape index (κ3) is 2.14. The quantitative estimate of drug-likeness (QED) is 0.835. The summed E-state index contributed by atoms with van der Waals surface area (Å²) in [6, 6.07) is 1.81. The maximum Gasteiger partial charge on any atom is 0.254 e. The zero-order valence-corrected chi connectivity index (χ0v) is 9.78. The van der Waals surface area contributed by atoms with Gasteiger partial charge in [-0.15, -0.1) is 0 Å². The van der Waals surface area contributed by atoms with Gasteiger partial charge < -0.3 is 14.5 Å². The molecule has 2 heterocycles. The first kappa shape index (κ1) is 11.6. The van der Waals surface area contributed by atoms with Crippen LogP contribution in [0, 0.1) is 13.8 Å². The number of hydrogen-bond donors (Lipinski definition) is 2. The largest absolute Gasteiger partial charge is 0.461 e. The maximum absolute atomic E-state index is 11.8. The van der Waals surface area contributed by atoms with Crippen LogP contribution in [0.3, 0.4) is 0 Å². The van der Waals surface area contributed by atoms with E-state index in [1.165, 1.54) is 0 Å². The molecule has 0 amide bonds. The lowest BCUT2D eigenvalue weighted by molar-refractivity contribution is 0.298. The van der Waals surface area contributed by atoms with E-state index in [-0.39, 0.29) is 12.2 Å². The molecule has 0 aliphatic carbocycles. The molecule has 0 saturated heterocycles. The predicted octanol–water partition coefficient (Wildman–Crippen LogP) is 1.18. The van der Waals surface area contributed by atoms with E-state index >= 15 is 0 Å². The number of aromatic amines is 1. The zero-order chi connectivity index (χ0) is 12.4. The summed E-state index contributed by atoms with van der Waals surface area (Å²) in [6.45, 7) is 3.57. The lowest BCUT2D eigenvalue weighted by atomic mass is 10.1. The van der Waals surface area contributed by atoms with Crippen LogP contribution in [-0.4, -0.2) is 21.7 Å². The molecule has 0 saturated carbocycles. The summed E-state index contributed by atoms with van der Waals surface area (Å²) in [7, 11) is 0. The molecule has 2 aromatic heterocycles. The molecular weight excluding hydrogens is 220 g/mol. The summed E-state index contributed by atoms with van der Waals surface area (Å²) in [6.07, 6.45) is 1.87. The molecule has 0 atom stereocenters. The lowest BCUT2D eigenvalue weighted by Gasteiger charge is -2.05. The Kier molecular flexibility index (Phi) is 3.10. The van der Waals surface area contributed by atoms with Gasteiger partial charge in [0.05, 0.1) is 6.26 Å². The number of H-pyrrole nitrogens is 1. The number of aromatic nitrogens is 2. The smallest absolute Gasteiger partial charge is 0.254 e. The van der Waals surface area contributed by atoms with E-state index in [4.69, 9.17) is 9.52 Å². The number of nitrogens with one attached hydrogen (secondary N) is 1. The summed E-state index contributed by atoms with van der Waals surface area (Å²) in [4.78, 5) is 18.8. The normalized spacial score (nSPS) is 10.8. The molecule has 0 fully saturated rings. The van der Waals surface area contributed by atoms with Gasteiger partial charge in [-0.05, 0) is 25.5 Å². The molecule has 2 rings (SSSR count). The molecule has 17 heavy (non-hydrogen) atoms. The summed E-state index contributed by atoms with van der Waals surface area (Å²) in [5, 5.41) is 8.87. The van der Waals surface area contributed by atoms with Gasteiger partial charge in [0.2, 0.25) is 0 Å². The van der Waals surface area contributed by atoms with Gasteiger partial charge in [0.25, 0.3) is 5.56 Å². The molecule has 0 radical (unpaired) electrons. The van der Waals surface area contributed by atoms with Crippen molar-refractivity contribution in [3.8, 4) is 11.6 Å². The molecule has 2 N–H and O–H groups in total. The van der Waals surface area contributed by atoms with Crippen molar-refractivity contribution in [3.63, 3.8) is 0 Å². The second kappa shape index (κ2) is 4.55. The fourth-order valence-electron chi connectivity index (χ4n) is 1.74. The average Bonchev–Trinajstić information content (AvgIpc) is 2.69. The van der Waals surface area contributed by atoms with Crippen molar-refractivity contribution < 1.29 is 9.52 Å². The van der Waals surface area contributed by atoms with Crippen LogP contribution in [0.4, 0.5) is 0 Å². The minimum atomic E-state index is -0.225. The second-order valence-corrected chi connectivity index (χ2v) is 3.88. The van der Waals surface area contributed by atoms with Gasteiger partial charge in [0.15, 0.2) is 11.6 Å². The van der Waals surface area contributed by atoms with Crippen molar-refractivity contribution in [1.29, 1.82) is 0 Å². The van der Waals surface area contributed by atoms with Crippen LogP contribution >= 0.6 is 0 Å². The van der Waals surface area contributed by atoms with Crippen LogP contribution < -0.4 is 5.56 Å². The van der Waals surface area contributed by atoms with Crippen molar-refractivity contribution in [3.05, 3.63) is 39.5 Å². The molecule has 0 bridgehead atoms. The Morgan fingerprint density at radius 2 is 2.24 bits per heavy atom. The Morgan fingerprint density at radius 3 is 2.76 bits per heavy atom. The van der Waals surface area contributed by atoms with Crippen LogP contribution in [0.2, 0.25) is 0 Å². The fourth-order valence-corrected chi connectivity index (χ4v) is 1.74. The first-order valence-corrected chi connectivity index (χ1v) is 5.38. The molecule has 0 unspecified atom stereocenters. The minimum Gasteiger partial charge on any atom is -0.461 e. The van der Waals surface area contributed by atoms with Gasteiger partial charge in [-0.1, -0.05) is 0 Å². The van der Waals surface area contributed by atoms with Gasteiger partial charge in [0.1, 0.15) is 0 Å². The third-order valence-electron chi connectivity index (χ3n) is 2.66. The number of nitrogens with zero attached hydrogens (tertiary/aromatic N) is 1. The van der Waals surface area contributed by atoms with Crippen LogP contribution in [-0.2, 0) is 6.42 Å². The van der Waals surface area contributed by atoms with E-state index in [2.05, 4.69) is 9.97 Å². The number of aliphatic hydroxyl groups excluding tert-OH is 1. The van der Waals surface area contributed by atoms with Crippen molar-refractivity contribution in [2.75, 3.05) is 6.61 Å². The molecule has 5 nitrogen and oxygen atoms in total. The van der Waals surface area contributed by atoms with Gasteiger partial charge in [0, 0.05) is 24.3 Å². The van der Waals surface area contributed by atoms with Crippen LogP contribution in [0.5, 0.6) is 0 Å². The van der Waals surface area contributed by atoms with Gasteiger partial charge >= 0.3 is 0 Å². The summed E-state index contributed by atoms with van der Waals surface area (Å²) in [5.74, 6) is 0.998. The van der Waals surface area contributed by atoms with Crippen LogP contribution in [0.1, 0.15) is 16.8 Å². The van der Waals surface area contributed by atoms with E-state index in [9.17, 15) is 4.79 Å². The Labute approximate surface area is 98.1 Å². The predicted molar refractivity (Wildman–Crippen MR) is 62.8 cm³/mol. The molecule has 2 aromatic rings.